The molecular formula is C29H25ClFN3O4. The van der Waals surface area contributed by atoms with E-state index in [1.807, 2.05) is 43.3 Å². The summed E-state index contributed by atoms with van der Waals surface area (Å²) in [5.41, 5.74) is 3.61. The summed E-state index contributed by atoms with van der Waals surface area (Å²) in [7, 11) is 0. The maximum atomic E-state index is 13.6. The van der Waals surface area contributed by atoms with Crippen molar-refractivity contribution in [2.75, 3.05) is 0 Å². The van der Waals surface area contributed by atoms with Crippen molar-refractivity contribution >= 4 is 40.6 Å². The Hall–Kier alpha value is -4.30. The van der Waals surface area contributed by atoms with Gasteiger partial charge in [-0.05, 0) is 47.9 Å². The lowest BCUT2D eigenvalue weighted by Crippen LogP contribution is -2.26. The molecule has 7 nitrogen and oxygen atoms in total. The van der Waals surface area contributed by atoms with Crippen molar-refractivity contribution < 1.29 is 19.1 Å². The second kappa shape index (κ2) is 11.8. The zero-order chi connectivity index (χ0) is 27.2. The van der Waals surface area contributed by atoms with Gasteiger partial charge in [0.25, 0.3) is 12.0 Å². The molecule has 2 heterocycles. The van der Waals surface area contributed by atoms with Crippen LogP contribution in [0.1, 0.15) is 43.4 Å². The first-order valence-corrected chi connectivity index (χ1v) is 12.4. The standard InChI is InChI=1S/C28H23ClFN3O2.CH2O2/c1-2-6-25(34)33-24(17-9-12-20(30)13-10-17)16-23(32-33)27-26(18-7-4-3-5-8-18)21-15-19(29)11-14-22(21)31-28(27)35;2-1-3/h3-5,7-15,24H,2,6,16H2,1H3,(H,31,35);1H,(H,2,3). The summed E-state index contributed by atoms with van der Waals surface area (Å²) in [6.07, 6.45) is 1.32. The Morgan fingerprint density at radius 3 is 2.47 bits per heavy atom. The van der Waals surface area contributed by atoms with Gasteiger partial charge in [0.2, 0.25) is 5.91 Å². The number of nitrogens with zero attached hydrogens (tertiary/aromatic N) is 2. The van der Waals surface area contributed by atoms with Gasteiger partial charge in [-0.3, -0.25) is 14.4 Å². The summed E-state index contributed by atoms with van der Waals surface area (Å²) >= 11 is 6.34. The number of carbonyl (C=O) groups excluding carboxylic acids is 1. The van der Waals surface area contributed by atoms with Crippen LogP contribution in [0.3, 0.4) is 0 Å². The minimum Gasteiger partial charge on any atom is -0.483 e. The predicted octanol–water partition coefficient (Wildman–Crippen LogP) is 6.17. The van der Waals surface area contributed by atoms with Crippen molar-refractivity contribution in [2.24, 2.45) is 5.10 Å². The number of H-pyrrole nitrogens is 1. The highest BCUT2D eigenvalue weighted by atomic mass is 35.5. The van der Waals surface area contributed by atoms with Gasteiger partial charge < -0.3 is 10.1 Å². The Balaban J connectivity index is 0.00000107. The second-order valence-corrected chi connectivity index (χ2v) is 9.11. The molecule has 1 aromatic heterocycles. The van der Waals surface area contributed by atoms with Gasteiger partial charge >= 0.3 is 0 Å². The second-order valence-electron chi connectivity index (χ2n) is 8.67. The number of hydrazone groups is 1. The van der Waals surface area contributed by atoms with Crippen molar-refractivity contribution in [3.05, 3.63) is 105 Å². The first-order valence-electron chi connectivity index (χ1n) is 12.0. The maximum absolute atomic E-state index is 13.6. The molecule has 194 valence electrons. The van der Waals surface area contributed by atoms with Gasteiger partial charge in [0.1, 0.15) is 5.82 Å². The lowest BCUT2D eigenvalue weighted by molar-refractivity contribution is -0.133. The van der Waals surface area contributed by atoms with Crippen LogP contribution in [-0.4, -0.2) is 33.2 Å². The molecule has 0 radical (unpaired) electrons. The number of rotatable bonds is 5. The highest BCUT2D eigenvalue weighted by molar-refractivity contribution is 6.31. The Morgan fingerprint density at radius 2 is 1.82 bits per heavy atom. The number of aromatic amines is 1. The number of fused-ring (bicyclic) bond motifs is 1. The molecule has 9 heteroatoms. The van der Waals surface area contributed by atoms with Crippen molar-refractivity contribution in [3.8, 4) is 11.1 Å². The van der Waals surface area contributed by atoms with Crippen LogP contribution < -0.4 is 5.56 Å². The van der Waals surface area contributed by atoms with E-state index in [9.17, 15) is 14.0 Å². The van der Waals surface area contributed by atoms with Gasteiger partial charge in [0, 0.05) is 34.3 Å². The predicted molar refractivity (Wildman–Crippen MR) is 146 cm³/mol. The van der Waals surface area contributed by atoms with Crippen LogP contribution in [0.15, 0.2) is 82.7 Å². The summed E-state index contributed by atoms with van der Waals surface area (Å²) in [4.78, 5) is 37.8. The molecule has 1 aliphatic rings. The fourth-order valence-electron chi connectivity index (χ4n) is 4.61. The van der Waals surface area contributed by atoms with E-state index in [0.717, 1.165) is 16.5 Å². The van der Waals surface area contributed by atoms with E-state index in [1.165, 1.54) is 17.1 Å². The number of amides is 1. The highest BCUT2D eigenvalue weighted by Crippen LogP contribution is 2.37. The number of benzene rings is 3. The van der Waals surface area contributed by atoms with Crippen molar-refractivity contribution in [2.45, 2.75) is 32.2 Å². The monoisotopic (exact) mass is 533 g/mol. The third-order valence-corrected chi connectivity index (χ3v) is 6.45. The van der Waals surface area contributed by atoms with Gasteiger partial charge in [-0.1, -0.05) is 61.0 Å². The van der Waals surface area contributed by atoms with Gasteiger partial charge in [-0.2, -0.15) is 5.10 Å². The molecule has 0 saturated heterocycles. The Labute approximate surface area is 223 Å². The highest BCUT2D eigenvalue weighted by Gasteiger charge is 2.35. The molecule has 1 atom stereocenters. The van der Waals surface area contributed by atoms with Gasteiger partial charge in [0.05, 0.1) is 17.3 Å². The van der Waals surface area contributed by atoms with Crippen LogP contribution in [0, 0.1) is 5.82 Å². The minimum absolute atomic E-state index is 0.140. The Bertz CT molecular complexity index is 1550. The molecule has 1 unspecified atom stereocenters. The van der Waals surface area contributed by atoms with Crippen molar-refractivity contribution in [3.63, 3.8) is 0 Å². The van der Waals surface area contributed by atoms with Crippen LogP contribution in [0.4, 0.5) is 4.39 Å². The Morgan fingerprint density at radius 1 is 1.13 bits per heavy atom. The first-order chi connectivity index (χ1) is 18.4. The normalized spacial score (nSPS) is 14.6. The molecule has 0 aliphatic carbocycles. The number of carbonyl (C=O) groups is 2. The quantitative estimate of drug-likeness (QED) is 0.299. The van der Waals surface area contributed by atoms with E-state index in [2.05, 4.69) is 10.1 Å². The molecule has 4 aromatic rings. The molecule has 38 heavy (non-hydrogen) atoms. The maximum Gasteiger partial charge on any atom is 0.290 e. The number of nitrogens with one attached hydrogen (secondary N) is 1. The summed E-state index contributed by atoms with van der Waals surface area (Å²) < 4.78 is 13.6. The third-order valence-electron chi connectivity index (χ3n) is 6.21. The van der Waals surface area contributed by atoms with E-state index >= 15 is 0 Å². The number of pyridine rings is 1. The largest absolute Gasteiger partial charge is 0.483 e. The fraction of sp³-hybridized carbons (Fsp3) is 0.172. The molecule has 0 bridgehead atoms. The Kier molecular flexibility index (Phi) is 8.33. The number of halogens is 2. The topological polar surface area (TPSA) is 103 Å². The van der Waals surface area contributed by atoms with Crippen LogP contribution in [0.5, 0.6) is 0 Å². The lowest BCUT2D eigenvalue weighted by Gasteiger charge is -2.21. The molecule has 0 saturated carbocycles. The molecule has 1 amide bonds. The average molecular weight is 534 g/mol. The smallest absolute Gasteiger partial charge is 0.290 e. The summed E-state index contributed by atoms with van der Waals surface area (Å²) in [6.45, 7) is 1.68. The third kappa shape index (κ3) is 5.50. The summed E-state index contributed by atoms with van der Waals surface area (Å²) in [5.74, 6) is -0.494. The van der Waals surface area contributed by atoms with E-state index < -0.39 is 6.04 Å². The van der Waals surface area contributed by atoms with Crippen LogP contribution in [0.25, 0.3) is 22.0 Å². The van der Waals surface area contributed by atoms with Gasteiger partial charge in [-0.15, -0.1) is 0 Å². The molecule has 2 N–H and O–H groups in total. The number of hydrogen-bond donors (Lipinski definition) is 2. The minimum atomic E-state index is -0.428. The zero-order valence-electron chi connectivity index (χ0n) is 20.5. The first kappa shape index (κ1) is 26.8. The number of aromatic nitrogens is 1. The van der Waals surface area contributed by atoms with Gasteiger partial charge in [0.15, 0.2) is 0 Å². The van der Waals surface area contributed by atoms with Gasteiger partial charge in [-0.25, -0.2) is 9.40 Å². The number of carboxylic acid groups (broad SMARTS) is 1. The summed E-state index contributed by atoms with van der Waals surface area (Å²) in [6, 6.07) is 20.6. The molecule has 1 aliphatic heterocycles. The zero-order valence-corrected chi connectivity index (χ0v) is 21.3. The molecule has 0 spiro atoms. The van der Waals surface area contributed by atoms with E-state index in [1.54, 1.807) is 24.3 Å². The molecule has 5 rings (SSSR count). The SMILES string of the molecule is CCCC(=O)N1N=C(c2c(-c3ccccc3)c3cc(Cl)ccc3[nH]c2=O)CC1c1ccc(F)cc1.O=CO. The van der Waals surface area contributed by atoms with E-state index in [4.69, 9.17) is 21.5 Å². The van der Waals surface area contributed by atoms with Crippen LogP contribution in [0.2, 0.25) is 5.02 Å². The van der Waals surface area contributed by atoms with E-state index in [0.29, 0.717) is 46.6 Å². The molecule has 3 aromatic carbocycles. The molecule has 0 fully saturated rings. The van der Waals surface area contributed by atoms with Crippen molar-refractivity contribution in [1.29, 1.82) is 0 Å². The van der Waals surface area contributed by atoms with E-state index in [-0.39, 0.29) is 23.8 Å². The number of hydrogen-bond acceptors (Lipinski definition) is 4. The molecular weight excluding hydrogens is 509 g/mol. The lowest BCUT2D eigenvalue weighted by atomic mass is 9.91. The fourth-order valence-corrected chi connectivity index (χ4v) is 4.78. The summed E-state index contributed by atoms with van der Waals surface area (Å²) in [5, 5.41) is 14.4. The average Bonchev–Trinajstić information content (AvgIpc) is 3.35. The van der Waals surface area contributed by atoms with Crippen LogP contribution >= 0.6 is 11.6 Å². The van der Waals surface area contributed by atoms with Crippen LogP contribution in [-0.2, 0) is 9.59 Å². The van der Waals surface area contributed by atoms with Crippen molar-refractivity contribution in [1.82, 2.24) is 9.99 Å².